The molecule has 0 bridgehead atoms. The zero-order valence-electron chi connectivity index (χ0n) is 17.8. The lowest BCUT2D eigenvalue weighted by Crippen LogP contribution is -2.53. The van der Waals surface area contributed by atoms with Gasteiger partial charge >= 0.3 is 6.09 Å². The Labute approximate surface area is 178 Å². The lowest BCUT2D eigenvalue weighted by atomic mass is 10.2. The summed E-state index contributed by atoms with van der Waals surface area (Å²) in [5, 5.41) is 0. The highest BCUT2D eigenvalue weighted by molar-refractivity contribution is 7.99. The van der Waals surface area contributed by atoms with Crippen molar-refractivity contribution in [3.05, 3.63) is 29.8 Å². The van der Waals surface area contributed by atoms with Crippen molar-refractivity contribution in [3.63, 3.8) is 0 Å². The van der Waals surface area contributed by atoms with E-state index in [0.717, 1.165) is 18.7 Å². The maximum absolute atomic E-state index is 12.2. The average molecular weight is 420 g/mol. The number of nitrogens with two attached hydrogens (primary N) is 1. The number of hydrogen-bond acceptors (Lipinski definition) is 5. The predicted octanol–water partition coefficient (Wildman–Crippen LogP) is 2.61. The summed E-state index contributed by atoms with van der Waals surface area (Å²) in [5.74, 6) is 2.93. The first kappa shape index (κ1) is 21.6. The third-order valence-corrected chi connectivity index (χ3v) is 5.93. The van der Waals surface area contributed by atoms with E-state index in [9.17, 15) is 4.79 Å². The highest BCUT2D eigenvalue weighted by atomic mass is 32.2. The van der Waals surface area contributed by atoms with Crippen molar-refractivity contribution in [2.45, 2.75) is 32.9 Å². The van der Waals surface area contributed by atoms with E-state index in [1.807, 2.05) is 37.4 Å². The lowest BCUT2D eigenvalue weighted by molar-refractivity contribution is 0.0186. The molecule has 0 saturated carbocycles. The minimum atomic E-state index is -0.475. The molecule has 7 nitrogen and oxygen atoms in total. The minimum Gasteiger partial charge on any atom is -0.444 e. The van der Waals surface area contributed by atoms with Crippen molar-refractivity contribution >= 4 is 29.5 Å². The second kappa shape index (κ2) is 9.61. The molecule has 3 rings (SSSR count). The number of carbonyl (C=O) groups excluding carboxylic acids is 1. The maximum atomic E-state index is 12.2. The first-order valence-corrected chi connectivity index (χ1v) is 11.4. The van der Waals surface area contributed by atoms with Gasteiger partial charge in [-0.1, -0.05) is 12.1 Å². The third-order valence-electron chi connectivity index (χ3n) is 4.99. The second-order valence-electron chi connectivity index (χ2n) is 8.39. The minimum absolute atomic E-state index is 0.264. The van der Waals surface area contributed by atoms with Crippen LogP contribution in [0, 0.1) is 0 Å². The van der Waals surface area contributed by atoms with Crippen LogP contribution in [0.15, 0.2) is 29.3 Å². The van der Waals surface area contributed by atoms with Crippen LogP contribution in [0.3, 0.4) is 0 Å². The van der Waals surface area contributed by atoms with E-state index in [4.69, 9.17) is 10.5 Å². The van der Waals surface area contributed by atoms with Gasteiger partial charge in [-0.05, 0) is 38.5 Å². The fourth-order valence-electron chi connectivity index (χ4n) is 3.35. The fourth-order valence-corrected chi connectivity index (χ4v) is 4.25. The summed E-state index contributed by atoms with van der Waals surface area (Å²) in [6.45, 7) is 10.9. The average Bonchev–Trinajstić information content (AvgIpc) is 2.72. The van der Waals surface area contributed by atoms with Gasteiger partial charge in [-0.2, -0.15) is 11.8 Å². The molecule has 29 heavy (non-hydrogen) atoms. The van der Waals surface area contributed by atoms with Gasteiger partial charge in [0.2, 0.25) is 0 Å². The Morgan fingerprint density at radius 2 is 1.62 bits per heavy atom. The van der Waals surface area contributed by atoms with E-state index in [0.29, 0.717) is 38.7 Å². The highest BCUT2D eigenvalue weighted by Gasteiger charge is 2.26. The molecule has 0 radical (unpaired) electrons. The molecule has 2 N–H and O–H groups in total. The first-order valence-electron chi connectivity index (χ1n) is 10.3. The quantitative estimate of drug-likeness (QED) is 0.600. The number of thioether (sulfide) groups is 1. The number of benzene rings is 1. The van der Waals surface area contributed by atoms with Gasteiger partial charge in [-0.25, -0.2) is 9.79 Å². The Hall–Kier alpha value is -2.09. The number of anilines is 1. The topological polar surface area (TPSA) is 74.4 Å². The van der Waals surface area contributed by atoms with Crippen LogP contribution in [-0.2, 0) is 11.3 Å². The Balaban J connectivity index is 1.47. The molecule has 1 aromatic rings. The number of nitrogens with zero attached hydrogens (tertiary/aromatic N) is 4. The zero-order valence-corrected chi connectivity index (χ0v) is 18.6. The zero-order chi connectivity index (χ0) is 20.9. The Morgan fingerprint density at radius 3 is 2.21 bits per heavy atom. The summed E-state index contributed by atoms with van der Waals surface area (Å²) in [4.78, 5) is 22.9. The van der Waals surface area contributed by atoms with Gasteiger partial charge in [-0.3, -0.25) is 0 Å². The van der Waals surface area contributed by atoms with Crippen molar-refractivity contribution < 1.29 is 9.53 Å². The Bertz CT molecular complexity index is 703. The maximum Gasteiger partial charge on any atom is 0.410 e. The van der Waals surface area contributed by atoms with Gasteiger partial charge in [0.05, 0.1) is 6.54 Å². The summed E-state index contributed by atoms with van der Waals surface area (Å²) in [6.07, 6.45) is -0.264. The molecule has 0 spiro atoms. The number of aliphatic imine (C=N–C) groups is 1. The number of amides is 1. The van der Waals surface area contributed by atoms with Crippen molar-refractivity contribution in [1.29, 1.82) is 0 Å². The number of hydrogen-bond donors (Lipinski definition) is 1. The van der Waals surface area contributed by atoms with E-state index >= 15 is 0 Å². The van der Waals surface area contributed by atoms with E-state index in [1.54, 1.807) is 4.90 Å². The van der Waals surface area contributed by atoms with Gasteiger partial charge in [0.1, 0.15) is 5.60 Å². The molecule has 2 fully saturated rings. The van der Waals surface area contributed by atoms with Crippen LogP contribution >= 0.6 is 11.8 Å². The SMILES string of the molecule is CC(C)(C)OC(=O)N1CCN(C(N)=NCc2ccc(N3CCSCC3)cc2)CC1. The molecule has 2 aliphatic heterocycles. The van der Waals surface area contributed by atoms with Gasteiger partial charge in [0, 0.05) is 56.5 Å². The Kier molecular flexibility index (Phi) is 7.16. The van der Waals surface area contributed by atoms with Crippen LogP contribution < -0.4 is 10.6 Å². The second-order valence-corrected chi connectivity index (χ2v) is 9.62. The van der Waals surface area contributed by atoms with Crippen LogP contribution in [0.4, 0.5) is 10.5 Å². The third kappa shape index (κ3) is 6.45. The summed E-state index contributed by atoms with van der Waals surface area (Å²) in [6, 6.07) is 8.62. The monoisotopic (exact) mass is 419 g/mol. The molecule has 0 unspecified atom stereocenters. The standard InChI is InChI=1S/C21H33N5O2S/c1-21(2,3)28-20(27)26-10-8-25(9-11-26)19(22)23-16-17-4-6-18(7-5-17)24-12-14-29-15-13-24/h4-7H,8-16H2,1-3H3,(H2,22,23). The molecule has 2 saturated heterocycles. The number of ether oxygens (including phenoxy) is 1. The number of carbonyl (C=O) groups is 1. The Morgan fingerprint density at radius 1 is 1.03 bits per heavy atom. The molecule has 0 atom stereocenters. The van der Waals surface area contributed by atoms with Crippen LogP contribution in [-0.4, -0.2) is 78.2 Å². The van der Waals surface area contributed by atoms with Gasteiger partial charge < -0.3 is 25.2 Å². The van der Waals surface area contributed by atoms with E-state index in [1.165, 1.54) is 17.2 Å². The van der Waals surface area contributed by atoms with Crippen LogP contribution in [0.25, 0.3) is 0 Å². The van der Waals surface area contributed by atoms with Crippen molar-refractivity contribution in [2.24, 2.45) is 10.7 Å². The molecular formula is C21H33N5O2S. The van der Waals surface area contributed by atoms with Crippen LogP contribution in [0.2, 0.25) is 0 Å². The summed E-state index contributed by atoms with van der Waals surface area (Å²) in [5.41, 5.74) is 8.15. The number of guanidine groups is 1. The smallest absolute Gasteiger partial charge is 0.410 e. The summed E-state index contributed by atoms with van der Waals surface area (Å²) < 4.78 is 5.43. The van der Waals surface area contributed by atoms with Crippen LogP contribution in [0.5, 0.6) is 0 Å². The predicted molar refractivity (Wildman–Crippen MR) is 121 cm³/mol. The van der Waals surface area contributed by atoms with E-state index < -0.39 is 5.60 Å². The molecule has 1 amide bonds. The summed E-state index contributed by atoms with van der Waals surface area (Å²) >= 11 is 2.02. The van der Waals surface area contributed by atoms with Crippen molar-refractivity contribution in [1.82, 2.24) is 9.80 Å². The van der Waals surface area contributed by atoms with Crippen molar-refractivity contribution in [2.75, 3.05) is 55.7 Å². The molecule has 0 aliphatic carbocycles. The summed E-state index contributed by atoms with van der Waals surface area (Å²) in [7, 11) is 0. The van der Waals surface area contributed by atoms with Gasteiger partial charge in [-0.15, -0.1) is 0 Å². The van der Waals surface area contributed by atoms with Gasteiger partial charge in [0.25, 0.3) is 0 Å². The molecule has 160 valence electrons. The lowest BCUT2D eigenvalue weighted by Gasteiger charge is -2.36. The number of piperazine rings is 1. The molecule has 8 heteroatoms. The van der Waals surface area contributed by atoms with Crippen LogP contribution in [0.1, 0.15) is 26.3 Å². The highest BCUT2D eigenvalue weighted by Crippen LogP contribution is 2.20. The number of rotatable bonds is 3. The van der Waals surface area contributed by atoms with E-state index in [2.05, 4.69) is 34.2 Å². The first-order chi connectivity index (χ1) is 13.8. The molecular weight excluding hydrogens is 386 g/mol. The molecule has 2 aliphatic rings. The normalized spacial score (nSPS) is 18.7. The molecule has 2 heterocycles. The van der Waals surface area contributed by atoms with E-state index in [-0.39, 0.29) is 6.09 Å². The largest absolute Gasteiger partial charge is 0.444 e. The fraction of sp³-hybridized carbons (Fsp3) is 0.619. The van der Waals surface area contributed by atoms with Gasteiger partial charge in [0.15, 0.2) is 5.96 Å². The molecule has 0 aromatic heterocycles. The molecule has 1 aromatic carbocycles. The van der Waals surface area contributed by atoms with Crippen molar-refractivity contribution in [3.8, 4) is 0 Å².